The molecule has 3 aromatic heterocycles. The molecule has 3 heterocycles. The molecule has 1 aromatic carbocycles. The topological polar surface area (TPSA) is 77.0 Å². The zero-order valence-electron chi connectivity index (χ0n) is 18.8. The molecule has 0 amide bonds. The van der Waals surface area contributed by atoms with Gasteiger partial charge in [-0.2, -0.15) is 0 Å². The van der Waals surface area contributed by atoms with Crippen molar-refractivity contribution in [3.63, 3.8) is 0 Å². The number of pyridine rings is 1. The second-order valence-electron chi connectivity index (χ2n) is 7.96. The summed E-state index contributed by atoms with van der Waals surface area (Å²) < 4.78 is 7.13. The lowest BCUT2D eigenvalue weighted by Crippen LogP contribution is -2.26. The molecule has 32 heavy (non-hydrogen) atoms. The normalized spacial score (nSPS) is 11.2. The summed E-state index contributed by atoms with van der Waals surface area (Å²) in [6.07, 6.45) is 3.01. The molecule has 1 N–H and O–H groups in total. The van der Waals surface area contributed by atoms with Crippen molar-refractivity contribution >= 4 is 21.6 Å². The molecule has 0 saturated heterocycles. The Bertz CT molecular complexity index is 1400. The molecule has 0 saturated carbocycles. The largest absolute Gasteiger partial charge is 0.488 e. The Morgan fingerprint density at radius 3 is 2.62 bits per heavy atom. The fourth-order valence-electron chi connectivity index (χ4n) is 3.90. The number of thiophene rings is 1. The second kappa shape index (κ2) is 9.12. The van der Waals surface area contributed by atoms with E-state index in [1.54, 1.807) is 10.8 Å². The van der Waals surface area contributed by atoms with Gasteiger partial charge in [-0.05, 0) is 31.4 Å². The number of hydrogen-bond donors (Lipinski definition) is 1. The number of nitrogens with zero attached hydrogens (tertiary/aromatic N) is 2. The molecule has 0 radical (unpaired) electrons. The van der Waals surface area contributed by atoms with Crippen LogP contribution in [0.2, 0.25) is 0 Å². The Balaban J connectivity index is 1.81. The summed E-state index contributed by atoms with van der Waals surface area (Å²) in [5.41, 5.74) is 4.62. The predicted molar refractivity (Wildman–Crippen MR) is 130 cm³/mol. The highest BCUT2D eigenvalue weighted by Gasteiger charge is 2.18. The number of aromatic amines is 1. The minimum atomic E-state index is -0.196. The highest BCUT2D eigenvalue weighted by Crippen LogP contribution is 2.33. The van der Waals surface area contributed by atoms with Crippen LogP contribution in [0.3, 0.4) is 0 Å². The minimum Gasteiger partial charge on any atom is -0.488 e. The molecular weight excluding hydrogens is 422 g/mol. The molecule has 6 nitrogen and oxygen atoms in total. The SMILES string of the molecule is CCCOc1c[nH]c(Cn2c(CC)nc3scc(-c4ccc(C)cc4C)c3c2=O)cc1=O. The third-order valence-electron chi connectivity index (χ3n) is 5.49. The highest BCUT2D eigenvalue weighted by molar-refractivity contribution is 7.17. The van der Waals surface area contributed by atoms with Crippen LogP contribution in [0.25, 0.3) is 21.3 Å². The van der Waals surface area contributed by atoms with Crippen molar-refractivity contribution < 1.29 is 4.74 Å². The number of hydrogen-bond acceptors (Lipinski definition) is 5. The van der Waals surface area contributed by atoms with Gasteiger partial charge >= 0.3 is 0 Å². The van der Waals surface area contributed by atoms with E-state index in [4.69, 9.17) is 9.72 Å². The zero-order chi connectivity index (χ0) is 22.8. The second-order valence-corrected chi connectivity index (χ2v) is 8.81. The molecule has 0 bridgehead atoms. The summed E-state index contributed by atoms with van der Waals surface area (Å²) in [6.45, 7) is 8.82. The van der Waals surface area contributed by atoms with Gasteiger partial charge in [0, 0.05) is 35.3 Å². The van der Waals surface area contributed by atoms with Gasteiger partial charge in [0.15, 0.2) is 5.75 Å². The Hall–Kier alpha value is -3.19. The van der Waals surface area contributed by atoms with Crippen LogP contribution in [0.5, 0.6) is 5.75 Å². The first-order chi connectivity index (χ1) is 15.4. The van der Waals surface area contributed by atoms with Crippen LogP contribution in [0.1, 0.15) is 42.9 Å². The Morgan fingerprint density at radius 1 is 1.12 bits per heavy atom. The standard InChI is InChI=1S/C25H27N3O3S/c1-5-9-31-21-12-26-17(11-20(21)29)13-28-22(6-2)27-24-23(25(28)30)19(14-32-24)18-8-7-15(3)10-16(18)4/h7-8,10-12,14H,5-6,9,13H2,1-4H3,(H,26,29). The molecule has 4 rings (SSSR count). The minimum absolute atomic E-state index is 0.0877. The lowest BCUT2D eigenvalue weighted by atomic mass is 9.99. The van der Waals surface area contributed by atoms with Gasteiger partial charge in [-0.1, -0.05) is 37.6 Å². The number of aromatic nitrogens is 3. The average molecular weight is 450 g/mol. The Kier molecular flexibility index (Phi) is 6.28. The van der Waals surface area contributed by atoms with Gasteiger partial charge in [0.1, 0.15) is 10.7 Å². The van der Waals surface area contributed by atoms with E-state index < -0.39 is 0 Å². The molecule has 0 atom stereocenters. The smallest absolute Gasteiger partial charge is 0.263 e. The summed E-state index contributed by atoms with van der Waals surface area (Å²) in [7, 11) is 0. The third kappa shape index (κ3) is 4.12. The number of fused-ring (bicyclic) bond motifs is 1. The maximum absolute atomic E-state index is 13.7. The fraction of sp³-hybridized carbons (Fsp3) is 0.320. The van der Waals surface area contributed by atoms with E-state index in [9.17, 15) is 9.59 Å². The monoisotopic (exact) mass is 449 g/mol. The van der Waals surface area contributed by atoms with Crippen LogP contribution in [-0.2, 0) is 13.0 Å². The highest BCUT2D eigenvalue weighted by atomic mass is 32.1. The van der Waals surface area contributed by atoms with Crippen molar-refractivity contribution in [2.24, 2.45) is 0 Å². The van der Waals surface area contributed by atoms with Crippen molar-refractivity contribution in [2.75, 3.05) is 6.61 Å². The van der Waals surface area contributed by atoms with Crippen LogP contribution in [0.15, 0.2) is 45.4 Å². The third-order valence-corrected chi connectivity index (χ3v) is 6.36. The molecule has 0 spiro atoms. The Morgan fingerprint density at radius 2 is 1.94 bits per heavy atom. The quantitative estimate of drug-likeness (QED) is 0.438. The van der Waals surface area contributed by atoms with Gasteiger partial charge < -0.3 is 9.72 Å². The van der Waals surface area contributed by atoms with Gasteiger partial charge in [0.2, 0.25) is 5.43 Å². The predicted octanol–water partition coefficient (Wildman–Crippen LogP) is 4.83. The number of ether oxygens (including phenoxy) is 1. The van der Waals surface area contributed by atoms with Gasteiger partial charge in [0.05, 0.1) is 18.5 Å². The molecule has 0 fully saturated rings. The van der Waals surface area contributed by atoms with E-state index in [0.717, 1.165) is 27.9 Å². The summed E-state index contributed by atoms with van der Waals surface area (Å²) in [5, 5.41) is 2.65. The molecule has 7 heteroatoms. The summed E-state index contributed by atoms with van der Waals surface area (Å²) >= 11 is 1.49. The molecule has 0 unspecified atom stereocenters. The van der Waals surface area contributed by atoms with Crippen LogP contribution in [0.4, 0.5) is 0 Å². The lowest BCUT2D eigenvalue weighted by molar-refractivity contribution is 0.313. The van der Waals surface area contributed by atoms with Gasteiger partial charge in [-0.25, -0.2) is 4.98 Å². The molecule has 0 aliphatic heterocycles. The summed E-state index contributed by atoms with van der Waals surface area (Å²) in [4.78, 5) is 34.7. The number of H-pyrrole nitrogens is 1. The lowest BCUT2D eigenvalue weighted by Gasteiger charge is -2.13. The number of rotatable bonds is 7. The van der Waals surface area contributed by atoms with Crippen LogP contribution >= 0.6 is 11.3 Å². The fourth-order valence-corrected chi connectivity index (χ4v) is 4.85. The van der Waals surface area contributed by atoms with E-state index in [-0.39, 0.29) is 17.5 Å². The van der Waals surface area contributed by atoms with E-state index in [2.05, 4.69) is 37.0 Å². The van der Waals surface area contributed by atoms with Gasteiger partial charge in [-0.3, -0.25) is 14.2 Å². The van der Waals surface area contributed by atoms with Gasteiger partial charge in [0.25, 0.3) is 5.56 Å². The van der Waals surface area contributed by atoms with E-state index in [1.165, 1.54) is 23.0 Å². The first-order valence-electron chi connectivity index (χ1n) is 10.9. The Labute approximate surface area is 190 Å². The van der Waals surface area contributed by atoms with E-state index in [0.29, 0.717) is 35.7 Å². The summed E-state index contributed by atoms with van der Waals surface area (Å²) in [6, 6.07) is 7.75. The van der Waals surface area contributed by atoms with Crippen molar-refractivity contribution in [1.82, 2.24) is 14.5 Å². The first kappa shape index (κ1) is 22.0. The average Bonchev–Trinajstić information content (AvgIpc) is 3.19. The van der Waals surface area contributed by atoms with Crippen molar-refractivity contribution in [3.8, 4) is 16.9 Å². The van der Waals surface area contributed by atoms with E-state index in [1.807, 2.05) is 19.2 Å². The van der Waals surface area contributed by atoms with Crippen molar-refractivity contribution in [2.45, 2.75) is 47.1 Å². The van der Waals surface area contributed by atoms with Crippen molar-refractivity contribution in [1.29, 1.82) is 0 Å². The zero-order valence-corrected chi connectivity index (χ0v) is 19.6. The van der Waals surface area contributed by atoms with Crippen LogP contribution in [-0.4, -0.2) is 21.1 Å². The molecular formula is C25H27N3O3S. The van der Waals surface area contributed by atoms with Gasteiger partial charge in [-0.15, -0.1) is 11.3 Å². The number of benzene rings is 1. The maximum atomic E-state index is 13.7. The van der Waals surface area contributed by atoms with Crippen molar-refractivity contribution in [3.05, 3.63) is 79.1 Å². The van der Waals surface area contributed by atoms with Crippen LogP contribution < -0.4 is 15.7 Å². The van der Waals surface area contributed by atoms with E-state index >= 15 is 0 Å². The maximum Gasteiger partial charge on any atom is 0.263 e. The van der Waals surface area contributed by atoms with Crippen LogP contribution in [0, 0.1) is 13.8 Å². The molecule has 0 aliphatic carbocycles. The molecule has 0 aliphatic rings. The number of nitrogens with one attached hydrogen (secondary N) is 1. The first-order valence-corrected chi connectivity index (χ1v) is 11.7. The summed E-state index contributed by atoms with van der Waals surface area (Å²) in [5.74, 6) is 0.992. The molecule has 4 aromatic rings. The number of aryl methyl sites for hydroxylation is 3. The molecule has 166 valence electrons.